The molecule has 0 radical (unpaired) electrons. The van der Waals surface area contributed by atoms with Gasteiger partial charge in [-0.15, -0.1) is 0 Å². The second-order valence-electron chi connectivity index (χ2n) is 7.43. The number of aryl methyl sites for hydroxylation is 1. The molecule has 0 aliphatic rings. The van der Waals surface area contributed by atoms with E-state index in [0.717, 1.165) is 10.1 Å². The molecule has 178 valence electrons. The van der Waals surface area contributed by atoms with Gasteiger partial charge in [-0.2, -0.15) is 11.8 Å². The Morgan fingerprint density at radius 2 is 1.65 bits per heavy atom. The lowest BCUT2D eigenvalue weighted by Gasteiger charge is -2.24. The number of amides is 1. The number of sulfonamides is 1. The van der Waals surface area contributed by atoms with Crippen LogP contribution in [0.15, 0.2) is 83.8 Å². The average molecular weight is 500 g/mol. The fourth-order valence-corrected chi connectivity index (χ4v) is 5.56. The number of hydrogen-bond acceptors (Lipinski definition) is 6. The highest BCUT2D eigenvalue weighted by Gasteiger charge is 2.27. The van der Waals surface area contributed by atoms with Crippen LogP contribution >= 0.6 is 11.8 Å². The molecule has 3 rings (SSSR count). The van der Waals surface area contributed by atoms with E-state index in [4.69, 9.17) is 0 Å². The fraction of sp³-hybridized carbons (Fsp3) is 0.208. The number of rotatable bonds is 11. The summed E-state index contributed by atoms with van der Waals surface area (Å²) in [7, 11) is -4.06. The van der Waals surface area contributed by atoms with Crippen molar-refractivity contribution in [2.45, 2.75) is 17.6 Å². The number of nitro groups is 1. The lowest BCUT2D eigenvalue weighted by molar-refractivity contribution is -0.384. The van der Waals surface area contributed by atoms with E-state index in [9.17, 15) is 23.3 Å². The van der Waals surface area contributed by atoms with E-state index in [1.807, 2.05) is 12.1 Å². The van der Waals surface area contributed by atoms with Gasteiger partial charge < -0.3 is 5.32 Å². The van der Waals surface area contributed by atoms with Gasteiger partial charge in [0.1, 0.15) is 6.54 Å². The predicted molar refractivity (Wildman–Crippen MR) is 134 cm³/mol. The zero-order valence-corrected chi connectivity index (χ0v) is 20.2. The SMILES string of the molecule is Cc1ccccc1CSCCNC(=O)CN(c1ccc([N+](=O)[O-])cc1)S(=O)(=O)c1ccccc1. The van der Waals surface area contributed by atoms with E-state index in [1.165, 1.54) is 47.5 Å². The topological polar surface area (TPSA) is 110 Å². The number of carbonyl (C=O) groups excluding carboxylic acids is 1. The number of thioether (sulfide) groups is 1. The monoisotopic (exact) mass is 499 g/mol. The third-order valence-electron chi connectivity index (χ3n) is 5.05. The number of anilines is 1. The molecule has 8 nitrogen and oxygen atoms in total. The van der Waals surface area contributed by atoms with Crippen LogP contribution in [0.2, 0.25) is 0 Å². The van der Waals surface area contributed by atoms with Crippen molar-refractivity contribution < 1.29 is 18.1 Å². The summed E-state index contributed by atoms with van der Waals surface area (Å²) in [5, 5.41) is 13.7. The summed E-state index contributed by atoms with van der Waals surface area (Å²) in [5.41, 5.74) is 2.44. The molecule has 1 amide bonds. The number of nitrogens with one attached hydrogen (secondary N) is 1. The zero-order valence-electron chi connectivity index (χ0n) is 18.6. The van der Waals surface area contributed by atoms with Gasteiger partial charge in [-0.25, -0.2) is 8.42 Å². The maximum atomic E-state index is 13.3. The number of nitrogens with zero attached hydrogens (tertiary/aromatic N) is 2. The van der Waals surface area contributed by atoms with Gasteiger partial charge in [0.2, 0.25) is 5.91 Å². The molecule has 10 heteroatoms. The minimum absolute atomic E-state index is 0.0231. The molecule has 3 aromatic carbocycles. The highest BCUT2D eigenvalue weighted by atomic mass is 32.2. The zero-order chi connectivity index (χ0) is 24.6. The molecule has 0 aliphatic heterocycles. The first-order valence-corrected chi connectivity index (χ1v) is 13.1. The summed E-state index contributed by atoms with van der Waals surface area (Å²) in [6.07, 6.45) is 0. The first kappa shape index (κ1) is 25.3. The van der Waals surface area contributed by atoms with Gasteiger partial charge in [-0.1, -0.05) is 42.5 Å². The molecule has 3 aromatic rings. The molecule has 0 saturated heterocycles. The van der Waals surface area contributed by atoms with Crippen molar-refractivity contribution in [3.05, 3.63) is 100 Å². The molecule has 0 fully saturated rings. The number of nitro benzene ring substituents is 1. The van der Waals surface area contributed by atoms with Crippen molar-refractivity contribution >= 4 is 39.1 Å². The van der Waals surface area contributed by atoms with Crippen molar-refractivity contribution in [2.75, 3.05) is 23.1 Å². The number of benzene rings is 3. The summed E-state index contributed by atoms with van der Waals surface area (Å²) in [5.74, 6) is 1.03. The second kappa shape index (κ2) is 11.7. The van der Waals surface area contributed by atoms with E-state index in [0.29, 0.717) is 12.3 Å². The van der Waals surface area contributed by atoms with Crippen molar-refractivity contribution in [3.63, 3.8) is 0 Å². The van der Waals surface area contributed by atoms with Crippen molar-refractivity contribution in [3.8, 4) is 0 Å². The summed E-state index contributed by atoms with van der Waals surface area (Å²) in [4.78, 5) is 23.1. The van der Waals surface area contributed by atoms with Gasteiger partial charge in [-0.3, -0.25) is 19.2 Å². The Bertz CT molecular complexity index is 1230. The lowest BCUT2D eigenvalue weighted by Crippen LogP contribution is -2.41. The molecular weight excluding hydrogens is 474 g/mol. The van der Waals surface area contributed by atoms with E-state index in [-0.39, 0.29) is 16.3 Å². The summed E-state index contributed by atoms with van der Waals surface area (Å²) in [6, 6.07) is 20.9. The Hall–Kier alpha value is -3.37. The largest absolute Gasteiger partial charge is 0.354 e. The van der Waals surface area contributed by atoms with E-state index < -0.39 is 27.4 Å². The summed E-state index contributed by atoms with van der Waals surface area (Å²) in [6.45, 7) is 1.99. The Morgan fingerprint density at radius 3 is 2.29 bits per heavy atom. The van der Waals surface area contributed by atoms with Crippen LogP contribution in [0.1, 0.15) is 11.1 Å². The van der Waals surface area contributed by atoms with Gasteiger partial charge in [0.25, 0.3) is 15.7 Å². The molecule has 34 heavy (non-hydrogen) atoms. The number of non-ortho nitro benzene ring substituents is 1. The summed E-state index contributed by atoms with van der Waals surface area (Å²) < 4.78 is 27.5. The standard InChI is InChI=1S/C24H25N3O5S2/c1-19-7-5-6-8-20(19)18-33-16-15-25-24(28)17-26(21-11-13-22(14-12-21)27(29)30)34(31,32)23-9-3-2-4-10-23/h2-14H,15-18H2,1H3,(H,25,28). The fourth-order valence-electron chi connectivity index (χ4n) is 3.18. The Kier molecular flexibility index (Phi) is 8.67. The number of carbonyl (C=O) groups is 1. The second-order valence-corrected chi connectivity index (χ2v) is 10.4. The number of hydrogen-bond donors (Lipinski definition) is 1. The van der Waals surface area contributed by atoms with Crippen LogP contribution in [0, 0.1) is 17.0 Å². The van der Waals surface area contributed by atoms with Crippen LogP contribution in [-0.4, -0.2) is 38.1 Å². The summed E-state index contributed by atoms with van der Waals surface area (Å²) >= 11 is 1.67. The minimum Gasteiger partial charge on any atom is -0.354 e. The quantitative estimate of drug-likeness (QED) is 0.241. The van der Waals surface area contributed by atoms with E-state index in [2.05, 4.69) is 24.4 Å². The highest BCUT2D eigenvalue weighted by Crippen LogP contribution is 2.25. The van der Waals surface area contributed by atoms with Gasteiger partial charge in [0, 0.05) is 30.2 Å². The maximum absolute atomic E-state index is 13.3. The normalized spacial score (nSPS) is 11.1. The minimum atomic E-state index is -4.06. The maximum Gasteiger partial charge on any atom is 0.269 e. The van der Waals surface area contributed by atoms with Crippen LogP contribution in [0.4, 0.5) is 11.4 Å². The van der Waals surface area contributed by atoms with Gasteiger partial charge in [0.15, 0.2) is 0 Å². The first-order chi connectivity index (χ1) is 16.3. The van der Waals surface area contributed by atoms with Crippen molar-refractivity contribution in [2.24, 2.45) is 0 Å². The smallest absolute Gasteiger partial charge is 0.269 e. The van der Waals surface area contributed by atoms with Gasteiger partial charge >= 0.3 is 0 Å². The van der Waals surface area contributed by atoms with Crippen LogP contribution in [0.25, 0.3) is 0 Å². The van der Waals surface area contributed by atoms with Crippen molar-refractivity contribution in [1.82, 2.24) is 5.32 Å². The van der Waals surface area contributed by atoms with Crippen LogP contribution in [-0.2, 0) is 20.6 Å². The Morgan fingerprint density at radius 1 is 1.00 bits per heavy atom. The Labute approximate surface area is 203 Å². The van der Waals surface area contributed by atoms with Crippen LogP contribution in [0.3, 0.4) is 0 Å². The first-order valence-electron chi connectivity index (χ1n) is 10.5. The predicted octanol–water partition coefficient (Wildman–Crippen LogP) is 4.15. The molecule has 0 saturated carbocycles. The molecule has 0 bridgehead atoms. The van der Waals surface area contributed by atoms with Crippen molar-refractivity contribution in [1.29, 1.82) is 0 Å². The molecule has 0 aliphatic carbocycles. The van der Waals surface area contributed by atoms with E-state index >= 15 is 0 Å². The molecular formula is C24H25N3O5S2. The Balaban J connectivity index is 1.67. The molecule has 0 heterocycles. The van der Waals surface area contributed by atoms with Crippen LogP contribution in [0.5, 0.6) is 0 Å². The third-order valence-corrected chi connectivity index (χ3v) is 7.85. The molecule has 0 spiro atoms. The average Bonchev–Trinajstić information content (AvgIpc) is 2.84. The highest BCUT2D eigenvalue weighted by molar-refractivity contribution is 7.98. The molecule has 0 aromatic heterocycles. The van der Waals surface area contributed by atoms with Crippen LogP contribution < -0.4 is 9.62 Å². The van der Waals surface area contributed by atoms with Gasteiger partial charge in [0.05, 0.1) is 15.5 Å². The third kappa shape index (κ3) is 6.58. The lowest BCUT2D eigenvalue weighted by atomic mass is 10.1. The van der Waals surface area contributed by atoms with Gasteiger partial charge in [-0.05, 0) is 42.3 Å². The van der Waals surface area contributed by atoms with E-state index in [1.54, 1.807) is 30.0 Å². The molecule has 0 atom stereocenters. The molecule has 1 N–H and O–H groups in total. The molecule has 0 unspecified atom stereocenters.